The summed E-state index contributed by atoms with van der Waals surface area (Å²) in [4.78, 5) is 22.2. The van der Waals surface area contributed by atoms with Crippen molar-refractivity contribution in [1.29, 1.82) is 0 Å². The summed E-state index contributed by atoms with van der Waals surface area (Å²) in [6.45, 7) is 0. The van der Waals surface area contributed by atoms with E-state index in [1.54, 1.807) is 23.7 Å². The molecule has 9 heteroatoms. The number of imidazole rings is 1. The number of nitrogens with zero attached hydrogens (tertiary/aromatic N) is 5. The summed E-state index contributed by atoms with van der Waals surface area (Å²) < 4.78 is 6.23. The molecule has 8 nitrogen and oxygen atoms in total. The van der Waals surface area contributed by atoms with Crippen LogP contribution in [0.15, 0.2) is 59.7 Å². The Morgan fingerprint density at radius 1 is 0.889 bits per heavy atom. The van der Waals surface area contributed by atoms with Gasteiger partial charge in [0.2, 0.25) is 0 Å². The second-order valence-corrected chi connectivity index (χ2v) is 9.89. The average Bonchev–Trinajstić information content (AvgIpc) is 3.68. The number of ether oxygens (including phenoxy) is 1. The Hall–Kier alpha value is -4.11. The molecule has 6 aromatic rings. The van der Waals surface area contributed by atoms with Crippen molar-refractivity contribution in [3.8, 4) is 39.8 Å². The first-order valence-corrected chi connectivity index (χ1v) is 13.1. The number of fused-ring (bicyclic) bond motifs is 2. The summed E-state index contributed by atoms with van der Waals surface area (Å²) in [6, 6.07) is 9.97. The van der Waals surface area contributed by atoms with Gasteiger partial charge in [-0.2, -0.15) is 16.4 Å². The summed E-state index contributed by atoms with van der Waals surface area (Å²) in [6.07, 6.45) is 11.6. The van der Waals surface area contributed by atoms with Gasteiger partial charge in [0.25, 0.3) is 0 Å². The molecule has 0 radical (unpaired) electrons. The van der Waals surface area contributed by atoms with Crippen LogP contribution >= 0.6 is 11.3 Å². The number of rotatable bonds is 5. The predicted molar refractivity (Wildman–Crippen MR) is 141 cm³/mol. The van der Waals surface area contributed by atoms with E-state index in [9.17, 15) is 0 Å². The van der Waals surface area contributed by atoms with Gasteiger partial charge in [0.1, 0.15) is 16.8 Å². The third-order valence-corrected chi connectivity index (χ3v) is 7.37. The highest BCUT2D eigenvalue weighted by Crippen LogP contribution is 2.32. The maximum atomic E-state index is 6.23. The van der Waals surface area contributed by atoms with Crippen LogP contribution in [0.5, 0.6) is 5.75 Å². The van der Waals surface area contributed by atoms with E-state index in [2.05, 4.69) is 36.6 Å². The van der Waals surface area contributed by atoms with Crippen molar-refractivity contribution in [2.24, 2.45) is 0 Å². The lowest BCUT2D eigenvalue weighted by Crippen LogP contribution is -2.19. The van der Waals surface area contributed by atoms with E-state index in [0.29, 0.717) is 11.5 Å². The van der Waals surface area contributed by atoms with Crippen molar-refractivity contribution in [1.82, 2.24) is 35.1 Å². The molecule has 7 rings (SSSR count). The molecule has 1 aliphatic carbocycles. The van der Waals surface area contributed by atoms with E-state index < -0.39 is 0 Å². The van der Waals surface area contributed by atoms with Gasteiger partial charge in [-0.15, -0.1) is 0 Å². The maximum absolute atomic E-state index is 6.23. The number of H-pyrrole nitrogens is 2. The number of aromatic nitrogens is 7. The van der Waals surface area contributed by atoms with Gasteiger partial charge in [0.15, 0.2) is 11.5 Å². The van der Waals surface area contributed by atoms with Crippen molar-refractivity contribution in [3.63, 3.8) is 0 Å². The molecule has 6 aromatic heterocycles. The third kappa shape index (κ3) is 3.81. The Morgan fingerprint density at radius 3 is 2.69 bits per heavy atom. The fraction of sp³-hybridized carbons (Fsp3) is 0.222. The van der Waals surface area contributed by atoms with Crippen LogP contribution in [0.1, 0.15) is 32.1 Å². The van der Waals surface area contributed by atoms with Gasteiger partial charge in [-0.1, -0.05) is 6.42 Å². The molecule has 2 N–H and O–H groups in total. The Morgan fingerprint density at radius 2 is 1.81 bits per heavy atom. The lowest BCUT2D eigenvalue weighted by Gasteiger charge is -2.22. The fourth-order valence-electron chi connectivity index (χ4n) is 4.88. The van der Waals surface area contributed by atoms with Crippen LogP contribution in [0, 0.1) is 0 Å². The van der Waals surface area contributed by atoms with E-state index in [1.807, 2.05) is 35.8 Å². The van der Waals surface area contributed by atoms with Crippen molar-refractivity contribution in [3.05, 3.63) is 59.7 Å². The maximum Gasteiger partial charge on any atom is 0.161 e. The van der Waals surface area contributed by atoms with E-state index in [1.165, 1.54) is 19.3 Å². The molecule has 0 aromatic carbocycles. The van der Waals surface area contributed by atoms with E-state index in [4.69, 9.17) is 14.7 Å². The molecule has 1 aliphatic rings. The lowest BCUT2D eigenvalue weighted by atomic mass is 9.98. The zero-order valence-electron chi connectivity index (χ0n) is 19.4. The SMILES string of the molecule is c1cc2[nH]c(-c3n[nH]c4ccc(-c5cncc(OC6CCCCC6)c5)nc34)nc2c(-c2ccsc2)n1. The molecule has 178 valence electrons. The van der Waals surface area contributed by atoms with Crippen molar-refractivity contribution < 1.29 is 4.74 Å². The molecule has 0 aliphatic heterocycles. The van der Waals surface area contributed by atoms with Crippen LogP contribution in [-0.4, -0.2) is 41.2 Å². The Kier molecular flexibility index (Phi) is 5.20. The van der Waals surface area contributed by atoms with Crippen LogP contribution in [0.3, 0.4) is 0 Å². The van der Waals surface area contributed by atoms with Crippen molar-refractivity contribution in [2.75, 3.05) is 0 Å². The number of aromatic amines is 2. The number of thiophene rings is 1. The Balaban J connectivity index is 1.26. The zero-order chi connectivity index (χ0) is 23.9. The molecule has 36 heavy (non-hydrogen) atoms. The first kappa shape index (κ1) is 21.2. The highest BCUT2D eigenvalue weighted by molar-refractivity contribution is 7.08. The number of hydrogen-bond acceptors (Lipinski definition) is 7. The summed E-state index contributed by atoms with van der Waals surface area (Å²) in [5, 5.41) is 11.8. The molecule has 1 saturated carbocycles. The molecule has 0 bridgehead atoms. The van der Waals surface area contributed by atoms with Crippen LogP contribution in [0.4, 0.5) is 0 Å². The minimum absolute atomic E-state index is 0.272. The highest BCUT2D eigenvalue weighted by Gasteiger charge is 2.18. The second kappa shape index (κ2) is 8.83. The number of hydrogen-bond donors (Lipinski definition) is 2. The normalized spacial score (nSPS) is 14.6. The van der Waals surface area contributed by atoms with Crippen LogP contribution in [0.2, 0.25) is 0 Å². The molecule has 0 amide bonds. The van der Waals surface area contributed by atoms with Gasteiger partial charge in [0.05, 0.1) is 34.7 Å². The first-order valence-electron chi connectivity index (χ1n) is 12.2. The summed E-state index contributed by atoms with van der Waals surface area (Å²) in [7, 11) is 0. The topological polar surface area (TPSA) is 105 Å². The average molecular weight is 494 g/mol. The molecule has 6 heterocycles. The monoisotopic (exact) mass is 493 g/mol. The van der Waals surface area contributed by atoms with Crippen molar-refractivity contribution >= 4 is 33.4 Å². The lowest BCUT2D eigenvalue weighted by molar-refractivity contribution is 0.154. The molecular weight excluding hydrogens is 470 g/mol. The molecule has 1 fully saturated rings. The van der Waals surface area contributed by atoms with E-state index >= 15 is 0 Å². The number of pyridine rings is 3. The minimum Gasteiger partial charge on any atom is -0.489 e. The highest BCUT2D eigenvalue weighted by atomic mass is 32.1. The van der Waals surface area contributed by atoms with E-state index in [-0.39, 0.29) is 6.10 Å². The van der Waals surface area contributed by atoms with Gasteiger partial charge in [-0.25, -0.2) is 9.97 Å². The molecule has 0 unspecified atom stereocenters. The van der Waals surface area contributed by atoms with E-state index in [0.717, 1.165) is 63.2 Å². The summed E-state index contributed by atoms with van der Waals surface area (Å²) >= 11 is 1.64. The van der Waals surface area contributed by atoms with Crippen LogP contribution in [0.25, 0.3) is 56.1 Å². The standard InChI is InChI=1S/C27H23N7OS/c1-2-4-18(5-3-1)35-19-12-17(13-28-14-19)20-6-7-22-25(30-20)26(34-33-22)27-31-21-8-10-29-23(24(21)32-27)16-9-11-36-15-16/h6-15,18H,1-5H2,(H,31,32)(H,33,34). The molecule has 0 spiro atoms. The van der Waals surface area contributed by atoms with Gasteiger partial charge in [0, 0.05) is 28.9 Å². The minimum atomic E-state index is 0.272. The smallest absolute Gasteiger partial charge is 0.161 e. The first-order chi connectivity index (χ1) is 17.8. The van der Waals surface area contributed by atoms with Gasteiger partial charge in [-0.05, 0) is 61.4 Å². The molecule has 0 atom stereocenters. The molecular formula is C27H23N7OS. The van der Waals surface area contributed by atoms with Gasteiger partial charge < -0.3 is 9.72 Å². The quantitative estimate of drug-likeness (QED) is 0.288. The van der Waals surface area contributed by atoms with Gasteiger partial charge >= 0.3 is 0 Å². The fourth-order valence-corrected chi connectivity index (χ4v) is 5.52. The predicted octanol–water partition coefficient (Wildman–Crippen LogP) is 6.40. The third-order valence-electron chi connectivity index (χ3n) is 6.69. The largest absolute Gasteiger partial charge is 0.489 e. The Labute approximate surface area is 210 Å². The number of nitrogens with one attached hydrogen (secondary N) is 2. The summed E-state index contributed by atoms with van der Waals surface area (Å²) in [5.41, 5.74) is 7.60. The zero-order valence-corrected chi connectivity index (χ0v) is 20.3. The second-order valence-electron chi connectivity index (χ2n) is 9.11. The summed E-state index contributed by atoms with van der Waals surface area (Å²) in [5.74, 6) is 1.44. The van der Waals surface area contributed by atoms with Gasteiger partial charge in [-0.3, -0.25) is 15.1 Å². The molecule has 0 saturated heterocycles. The van der Waals surface area contributed by atoms with Crippen molar-refractivity contribution in [2.45, 2.75) is 38.2 Å². The van der Waals surface area contributed by atoms with Crippen LogP contribution < -0.4 is 4.74 Å². The Bertz CT molecular complexity index is 1660. The van der Waals surface area contributed by atoms with Crippen LogP contribution in [-0.2, 0) is 0 Å².